The van der Waals surface area contributed by atoms with Crippen LogP contribution in [0.25, 0.3) is 0 Å². The Morgan fingerprint density at radius 2 is 2.15 bits per heavy atom. The summed E-state index contributed by atoms with van der Waals surface area (Å²) in [6.07, 6.45) is 7.68. The molecule has 6 rings (SSSR count). The number of hydrogen-bond acceptors (Lipinski definition) is 9. The number of Topliss-reactive ketones (excluding diaryl/α,β-unsaturated/α-hetero) is 1. The topological polar surface area (TPSA) is 103 Å². The number of hydrogen-bond donors (Lipinski definition) is 0. The van der Waals surface area contributed by atoms with Gasteiger partial charge in [-0.1, -0.05) is 6.58 Å². The Kier molecular flexibility index (Phi) is 7.36. The Morgan fingerprint density at radius 1 is 1.27 bits per heavy atom. The SMILES string of the molecule is C=CC(=O)N1CCN(c2nc(OCC3CCCN3C)nc3c2CCC2(CC(=O)c4sccc4C2)C3)CC1CC#N. The smallest absolute Gasteiger partial charge is 0.318 e. The second-order valence-corrected chi connectivity index (χ2v) is 12.7. The first-order chi connectivity index (χ1) is 19.4. The highest BCUT2D eigenvalue weighted by Crippen LogP contribution is 2.47. The minimum Gasteiger partial charge on any atom is -0.462 e. The summed E-state index contributed by atoms with van der Waals surface area (Å²) in [5.41, 5.74) is 3.12. The number of thiophene rings is 1. The van der Waals surface area contributed by atoms with Crippen LogP contribution in [0.2, 0.25) is 0 Å². The molecule has 0 N–H and O–H groups in total. The van der Waals surface area contributed by atoms with Crippen molar-refractivity contribution in [3.63, 3.8) is 0 Å². The summed E-state index contributed by atoms with van der Waals surface area (Å²) < 4.78 is 6.26. The highest BCUT2D eigenvalue weighted by molar-refractivity contribution is 7.12. The molecule has 9 nitrogen and oxygen atoms in total. The number of nitrogens with zero attached hydrogens (tertiary/aromatic N) is 6. The molecule has 1 spiro atoms. The van der Waals surface area contributed by atoms with E-state index in [1.54, 1.807) is 16.2 Å². The predicted octanol–water partition coefficient (Wildman–Crippen LogP) is 3.43. The van der Waals surface area contributed by atoms with Gasteiger partial charge in [0.2, 0.25) is 5.91 Å². The van der Waals surface area contributed by atoms with Gasteiger partial charge < -0.3 is 19.4 Å². The number of ketones is 1. The average Bonchev–Trinajstić information content (AvgIpc) is 3.59. The van der Waals surface area contributed by atoms with Crippen molar-refractivity contribution in [1.29, 1.82) is 5.26 Å². The number of anilines is 1. The van der Waals surface area contributed by atoms with Crippen LogP contribution in [0, 0.1) is 16.7 Å². The Hall–Kier alpha value is -3.29. The lowest BCUT2D eigenvalue weighted by molar-refractivity contribution is -0.128. The predicted molar refractivity (Wildman–Crippen MR) is 153 cm³/mol. The van der Waals surface area contributed by atoms with Gasteiger partial charge in [0.15, 0.2) is 5.78 Å². The molecule has 2 aliphatic heterocycles. The third-order valence-corrected chi connectivity index (χ3v) is 10.2. The van der Waals surface area contributed by atoms with Crippen molar-refractivity contribution in [3.8, 4) is 12.1 Å². The molecule has 4 aliphatic rings. The summed E-state index contributed by atoms with van der Waals surface area (Å²) in [6, 6.07) is 4.83. The van der Waals surface area contributed by atoms with Gasteiger partial charge in [-0.3, -0.25) is 9.59 Å². The Bertz CT molecular complexity index is 1370. The lowest BCUT2D eigenvalue weighted by Crippen LogP contribution is -2.55. The van der Waals surface area contributed by atoms with E-state index in [1.165, 1.54) is 11.6 Å². The van der Waals surface area contributed by atoms with E-state index >= 15 is 0 Å². The third-order valence-electron chi connectivity index (χ3n) is 9.24. The number of fused-ring (bicyclic) bond motifs is 2. The van der Waals surface area contributed by atoms with Crippen LogP contribution in [0.15, 0.2) is 24.1 Å². The fraction of sp³-hybridized carbons (Fsp3) is 0.567. The molecule has 0 aromatic carbocycles. The number of piperazine rings is 1. The quantitative estimate of drug-likeness (QED) is 0.495. The van der Waals surface area contributed by atoms with Gasteiger partial charge in [-0.25, -0.2) is 0 Å². The number of carbonyl (C=O) groups excluding carboxylic acids is 2. The minimum atomic E-state index is -0.241. The van der Waals surface area contributed by atoms with Crippen molar-refractivity contribution >= 4 is 28.8 Å². The molecule has 0 bridgehead atoms. The van der Waals surface area contributed by atoms with Crippen LogP contribution in [0.4, 0.5) is 5.82 Å². The lowest BCUT2D eigenvalue weighted by atomic mass is 9.64. The van der Waals surface area contributed by atoms with Gasteiger partial charge in [0.05, 0.1) is 29.1 Å². The van der Waals surface area contributed by atoms with Crippen LogP contribution in [0.3, 0.4) is 0 Å². The number of likely N-dealkylation sites (N-methyl/N-ethyl adjacent to an activating group) is 1. The van der Waals surface area contributed by atoms with E-state index in [9.17, 15) is 14.9 Å². The fourth-order valence-corrected chi connectivity index (χ4v) is 7.93. The molecule has 3 unspecified atom stereocenters. The molecule has 4 heterocycles. The molecule has 2 fully saturated rings. The van der Waals surface area contributed by atoms with E-state index in [0.717, 1.165) is 67.0 Å². The zero-order valence-corrected chi connectivity index (χ0v) is 23.9. The molecule has 3 atom stereocenters. The molecular weight excluding hydrogens is 524 g/mol. The maximum atomic E-state index is 13.1. The standard InChI is InChI=1S/C30H36N6O3S/c1-3-26(38)36-13-12-35(18-21(36)7-10-31)28-23-6-9-30(15-20-8-14-40-27(20)25(37)17-30)16-24(23)32-29(33-28)39-19-22-5-4-11-34(22)2/h3,8,14,21-22H,1,4-7,9,11-13,15-19H2,2H3. The van der Waals surface area contributed by atoms with Crippen LogP contribution in [0.1, 0.15) is 58.6 Å². The molecule has 0 saturated carbocycles. The first kappa shape index (κ1) is 26.9. The van der Waals surface area contributed by atoms with Crippen molar-refractivity contribution in [1.82, 2.24) is 19.8 Å². The summed E-state index contributed by atoms with van der Waals surface area (Å²) in [5.74, 6) is 0.949. The number of amides is 1. The van der Waals surface area contributed by atoms with Crippen molar-refractivity contribution in [2.75, 3.05) is 44.7 Å². The first-order valence-corrected chi connectivity index (χ1v) is 15.1. The van der Waals surface area contributed by atoms with Gasteiger partial charge >= 0.3 is 6.01 Å². The van der Waals surface area contributed by atoms with E-state index in [1.807, 2.05) is 5.38 Å². The summed E-state index contributed by atoms with van der Waals surface area (Å²) in [6.45, 7) is 6.87. The third kappa shape index (κ3) is 5.01. The maximum absolute atomic E-state index is 13.1. The van der Waals surface area contributed by atoms with Crippen LogP contribution in [-0.2, 0) is 24.1 Å². The van der Waals surface area contributed by atoms with Crippen molar-refractivity contribution < 1.29 is 14.3 Å². The molecule has 2 aliphatic carbocycles. The largest absolute Gasteiger partial charge is 0.462 e. The first-order valence-electron chi connectivity index (χ1n) is 14.3. The number of carbonyl (C=O) groups is 2. The van der Waals surface area contributed by atoms with Gasteiger partial charge in [0.1, 0.15) is 12.4 Å². The van der Waals surface area contributed by atoms with E-state index in [2.05, 4.69) is 35.6 Å². The Labute approximate surface area is 239 Å². The Morgan fingerprint density at radius 3 is 2.92 bits per heavy atom. The molecule has 10 heteroatoms. The maximum Gasteiger partial charge on any atom is 0.318 e. The summed E-state index contributed by atoms with van der Waals surface area (Å²) in [4.78, 5) is 42.7. The molecule has 2 aromatic rings. The summed E-state index contributed by atoms with van der Waals surface area (Å²) >= 11 is 1.55. The van der Waals surface area contributed by atoms with Gasteiger partial charge in [0, 0.05) is 37.7 Å². The van der Waals surface area contributed by atoms with Crippen LogP contribution in [0.5, 0.6) is 6.01 Å². The Balaban J connectivity index is 1.32. The van der Waals surface area contributed by atoms with Crippen LogP contribution < -0.4 is 9.64 Å². The molecule has 40 heavy (non-hydrogen) atoms. The summed E-state index contributed by atoms with van der Waals surface area (Å²) in [7, 11) is 2.13. The normalized spacial score (nSPS) is 26.4. The number of aromatic nitrogens is 2. The van der Waals surface area contributed by atoms with Crippen molar-refractivity contribution in [2.24, 2.45) is 5.41 Å². The molecule has 1 amide bonds. The van der Waals surface area contributed by atoms with Crippen LogP contribution in [-0.4, -0.2) is 83.4 Å². The van der Waals surface area contributed by atoms with E-state index < -0.39 is 0 Å². The number of ether oxygens (including phenoxy) is 1. The highest BCUT2D eigenvalue weighted by atomic mass is 32.1. The van der Waals surface area contributed by atoms with Gasteiger partial charge in [-0.15, -0.1) is 11.3 Å². The second kappa shape index (κ2) is 10.9. The molecule has 2 aromatic heterocycles. The second-order valence-electron chi connectivity index (χ2n) is 11.8. The fourth-order valence-electron chi connectivity index (χ4n) is 7.06. The van der Waals surface area contributed by atoms with Crippen molar-refractivity contribution in [3.05, 3.63) is 45.8 Å². The summed E-state index contributed by atoms with van der Waals surface area (Å²) in [5, 5.41) is 11.5. The van der Waals surface area contributed by atoms with Gasteiger partial charge in [0.25, 0.3) is 0 Å². The zero-order valence-electron chi connectivity index (χ0n) is 23.1. The molecular formula is C30H36N6O3S. The monoisotopic (exact) mass is 560 g/mol. The van der Waals surface area contributed by atoms with Gasteiger partial charge in [-0.05, 0) is 80.6 Å². The lowest BCUT2D eigenvalue weighted by Gasteiger charge is -2.43. The van der Waals surface area contributed by atoms with E-state index in [-0.39, 0.29) is 29.6 Å². The van der Waals surface area contributed by atoms with Gasteiger partial charge in [-0.2, -0.15) is 15.2 Å². The molecule has 2 saturated heterocycles. The van der Waals surface area contributed by atoms with E-state index in [0.29, 0.717) is 44.7 Å². The number of likely N-dealkylation sites (tertiary alicyclic amines) is 1. The number of nitriles is 1. The minimum absolute atomic E-state index is 0.134. The highest BCUT2D eigenvalue weighted by Gasteiger charge is 2.43. The van der Waals surface area contributed by atoms with E-state index in [4.69, 9.17) is 14.7 Å². The molecule has 0 radical (unpaired) electrons. The van der Waals surface area contributed by atoms with Crippen molar-refractivity contribution in [2.45, 2.75) is 63.5 Å². The molecule has 210 valence electrons. The van der Waals surface area contributed by atoms with Crippen LogP contribution >= 0.6 is 11.3 Å². The number of rotatable bonds is 6. The zero-order chi connectivity index (χ0) is 27.9. The average molecular weight is 561 g/mol.